The largest absolute Gasteiger partial charge is 0.508 e. The molecule has 0 fully saturated rings. The van der Waals surface area contributed by atoms with E-state index in [1.54, 1.807) is 18.2 Å². The Morgan fingerprint density at radius 2 is 2.13 bits per heavy atom. The second-order valence-corrected chi connectivity index (χ2v) is 5.65. The fourth-order valence-corrected chi connectivity index (χ4v) is 2.45. The van der Waals surface area contributed by atoms with E-state index in [-0.39, 0.29) is 21.8 Å². The van der Waals surface area contributed by atoms with Crippen LogP contribution >= 0.6 is 15.9 Å². The highest BCUT2D eigenvalue weighted by Crippen LogP contribution is 2.39. The summed E-state index contributed by atoms with van der Waals surface area (Å²) in [6.45, 7) is 4.11. The first-order valence-corrected chi connectivity index (χ1v) is 5.83. The number of benzene rings is 1. The molecule has 0 saturated heterocycles. The fourth-order valence-electron chi connectivity index (χ4n) is 2.04. The molecule has 0 aliphatic heterocycles. The van der Waals surface area contributed by atoms with Gasteiger partial charge in [0.1, 0.15) is 5.75 Å². The van der Waals surface area contributed by atoms with E-state index in [4.69, 9.17) is 0 Å². The molecular formula is C12H13BrO2. The molecular weight excluding hydrogens is 256 g/mol. The summed E-state index contributed by atoms with van der Waals surface area (Å²) in [7, 11) is 0. The van der Waals surface area contributed by atoms with E-state index < -0.39 is 0 Å². The molecule has 0 heterocycles. The zero-order valence-corrected chi connectivity index (χ0v) is 10.3. The van der Waals surface area contributed by atoms with Crippen molar-refractivity contribution in [2.24, 2.45) is 5.41 Å². The Kier molecular flexibility index (Phi) is 2.38. The number of Topliss-reactive ketones (excluding diaryl/α,β-unsaturated/α-hetero) is 1. The Balaban J connectivity index is 2.55. The van der Waals surface area contributed by atoms with Crippen molar-refractivity contribution in [3.05, 3.63) is 29.3 Å². The summed E-state index contributed by atoms with van der Waals surface area (Å²) in [5, 5.41) is 9.39. The van der Waals surface area contributed by atoms with Gasteiger partial charge in [-0.15, -0.1) is 0 Å². The summed E-state index contributed by atoms with van der Waals surface area (Å²) in [6.07, 6.45) is 0.804. The van der Waals surface area contributed by atoms with Gasteiger partial charge in [-0.2, -0.15) is 0 Å². The molecule has 0 radical (unpaired) electrons. The second-order valence-electron chi connectivity index (χ2n) is 4.73. The number of ketones is 1. The number of carbonyl (C=O) groups excluding carboxylic acids is 1. The van der Waals surface area contributed by atoms with Crippen molar-refractivity contribution < 1.29 is 9.90 Å². The van der Waals surface area contributed by atoms with Crippen LogP contribution in [0.1, 0.15) is 29.8 Å². The maximum absolute atomic E-state index is 12.0. The SMILES string of the molecule is CC1(C)Cc2cc(O)ccc2C(=O)C1Br. The van der Waals surface area contributed by atoms with Crippen LogP contribution in [-0.4, -0.2) is 15.7 Å². The van der Waals surface area contributed by atoms with Gasteiger partial charge in [0, 0.05) is 5.56 Å². The van der Waals surface area contributed by atoms with E-state index in [0.717, 1.165) is 17.5 Å². The fraction of sp³-hybridized carbons (Fsp3) is 0.417. The molecule has 1 aliphatic carbocycles. The first kappa shape index (κ1) is 10.7. The smallest absolute Gasteiger partial charge is 0.177 e. The number of carbonyl (C=O) groups is 1. The Morgan fingerprint density at radius 1 is 1.47 bits per heavy atom. The van der Waals surface area contributed by atoms with Crippen LogP contribution in [0.15, 0.2) is 18.2 Å². The maximum atomic E-state index is 12.0. The van der Waals surface area contributed by atoms with Crippen LogP contribution in [0, 0.1) is 5.41 Å². The molecule has 1 aromatic rings. The van der Waals surface area contributed by atoms with Gasteiger partial charge >= 0.3 is 0 Å². The monoisotopic (exact) mass is 268 g/mol. The maximum Gasteiger partial charge on any atom is 0.177 e. The van der Waals surface area contributed by atoms with E-state index in [1.807, 2.05) is 0 Å². The minimum atomic E-state index is -0.137. The standard InChI is InChI=1S/C12H13BrO2/c1-12(2)6-7-5-8(14)3-4-9(7)10(15)11(12)13/h3-5,11,14H,6H2,1-2H3. The van der Waals surface area contributed by atoms with E-state index in [1.165, 1.54) is 0 Å². The first-order chi connectivity index (χ1) is 6.92. The molecule has 80 valence electrons. The minimum Gasteiger partial charge on any atom is -0.508 e. The molecule has 3 heteroatoms. The summed E-state index contributed by atoms with van der Waals surface area (Å²) >= 11 is 3.45. The van der Waals surface area contributed by atoms with Gasteiger partial charge in [-0.1, -0.05) is 29.8 Å². The van der Waals surface area contributed by atoms with E-state index in [2.05, 4.69) is 29.8 Å². The number of phenols is 1. The average molecular weight is 269 g/mol. The lowest BCUT2D eigenvalue weighted by Crippen LogP contribution is -2.38. The van der Waals surface area contributed by atoms with Gasteiger partial charge in [-0.05, 0) is 35.6 Å². The number of hydrogen-bond donors (Lipinski definition) is 1. The third kappa shape index (κ3) is 1.69. The Hall–Kier alpha value is -0.830. The minimum absolute atomic E-state index is 0.0993. The summed E-state index contributed by atoms with van der Waals surface area (Å²) in [6, 6.07) is 4.96. The molecule has 0 aromatic heterocycles. The quantitative estimate of drug-likeness (QED) is 0.735. The highest BCUT2D eigenvalue weighted by Gasteiger charge is 2.39. The molecule has 1 aromatic carbocycles. The highest BCUT2D eigenvalue weighted by molar-refractivity contribution is 9.10. The van der Waals surface area contributed by atoms with Crippen molar-refractivity contribution in [3.63, 3.8) is 0 Å². The van der Waals surface area contributed by atoms with Gasteiger partial charge in [0.2, 0.25) is 0 Å². The predicted molar refractivity (Wildman–Crippen MR) is 62.6 cm³/mol. The van der Waals surface area contributed by atoms with Crippen molar-refractivity contribution in [3.8, 4) is 5.75 Å². The number of halogens is 1. The third-order valence-corrected chi connectivity index (χ3v) is 4.57. The van der Waals surface area contributed by atoms with E-state index in [0.29, 0.717) is 0 Å². The molecule has 0 bridgehead atoms. The van der Waals surface area contributed by atoms with Crippen LogP contribution in [0.2, 0.25) is 0 Å². The number of aromatic hydroxyl groups is 1. The van der Waals surface area contributed by atoms with Gasteiger partial charge in [-0.25, -0.2) is 0 Å². The molecule has 0 spiro atoms. The lowest BCUT2D eigenvalue weighted by molar-refractivity contribution is 0.0929. The molecule has 1 unspecified atom stereocenters. The van der Waals surface area contributed by atoms with Crippen LogP contribution in [-0.2, 0) is 6.42 Å². The predicted octanol–water partition coefficient (Wildman–Crippen LogP) is 2.92. The van der Waals surface area contributed by atoms with Crippen LogP contribution in [0.25, 0.3) is 0 Å². The molecule has 1 atom stereocenters. The Morgan fingerprint density at radius 3 is 2.80 bits per heavy atom. The summed E-state index contributed by atoms with van der Waals surface area (Å²) in [5.74, 6) is 0.339. The highest BCUT2D eigenvalue weighted by atomic mass is 79.9. The Labute approximate surface area is 97.4 Å². The zero-order valence-electron chi connectivity index (χ0n) is 8.75. The average Bonchev–Trinajstić information content (AvgIpc) is 2.13. The Bertz CT molecular complexity index is 424. The van der Waals surface area contributed by atoms with E-state index in [9.17, 15) is 9.90 Å². The van der Waals surface area contributed by atoms with Gasteiger partial charge in [0.25, 0.3) is 0 Å². The van der Waals surface area contributed by atoms with Crippen LogP contribution < -0.4 is 0 Å². The van der Waals surface area contributed by atoms with Crippen molar-refractivity contribution in [2.45, 2.75) is 25.1 Å². The van der Waals surface area contributed by atoms with Crippen LogP contribution in [0.4, 0.5) is 0 Å². The van der Waals surface area contributed by atoms with Gasteiger partial charge in [-0.3, -0.25) is 4.79 Å². The van der Waals surface area contributed by atoms with Gasteiger partial charge in [0.15, 0.2) is 5.78 Å². The molecule has 1 N–H and O–H groups in total. The number of phenolic OH excluding ortho intramolecular Hbond substituents is 1. The lowest BCUT2D eigenvalue weighted by atomic mass is 9.73. The number of alkyl halides is 1. The van der Waals surface area contributed by atoms with Crippen LogP contribution in [0.5, 0.6) is 5.75 Å². The second kappa shape index (κ2) is 3.34. The van der Waals surface area contributed by atoms with Crippen LogP contribution in [0.3, 0.4) is 0 Å². The summed E-state index contributed by atoms with van der Waals surface area (Å²) < 4.78 is 0. The number of hydrogen-bond acceptors (Lipinski definition) is 2. The molecule has 2 rings (SSSR count). The van der Waals surface area contributed by atoms with Crippen molar-refractivity contribution in [2.75, 3.05) is 0 Å². The molecule has 2 nitrogen and oxygen atoms in total. The molecule has 0 saturated carbocycles. The molecule has 0 amide bonds. The van der Waals surface area contributed by atoms with Crippen molar-refractivity contribution in [1.29, 1.82) is 0 Å². The number of rotatable bonds is 0. The van der Waals surface area contributed by atoms with Crippen molar-refractivity contribution >= 4 is 21.7 Å². The van der Waals surface area contributed by atoms with Gasteiger partial charge in [0.05, 0.1) is 4.83 Å². The van der Waals surface area contributed by atoms with E-state index >= 15 is 0 Å². The third-order valence-electron chi connectivity index (χ3n) is 2.92. The van der Waals surface area contributed by atoms with Crippen molar-refractivity contribution in [1.82, 2.24) is 0 Å². The molecule has 1 aliphatic rings. The number of fused-ring (bicyclic) bond motifs is 1. The topological polar surface area (TPSA) is 37.3 Å². The van der Waals surface area contributed by atoms with Gasteiger partial charge < -0.3 is 5.11 Å². The summed E-state index contributed by atoms with van der Waals surface area (Å²) in [5.41, 5.74) is 1.58. The molecule has 15 heavy (non-hydrogen) atoms. The normalized spacial score (nSPS) is 23.7. The first-order valence-electron chi connectivity index (χ1n) is 4.92. The summed E-state index contributed by atoms with van der Waals surface area (Å²) in [4.78, 5) is 11.9. The zero-order chi connectivity index (χ0) is 11.2. The lowest BCUT2D eigenvalue weighted by Gasteiger charge is -2.35.